The number of hydrogen-bond donors (Lipinski definition) is 1. The second-order valence-corrected chi connectivity index (χ2v) is 5.78. The maximum Gasteiger partial charge on any atom is 0.261 e. The summed E-state index contributed by atoms with van der Waals surface area (Å²) in [6.07, 6.45) is 3.35. The highest BCUT2D eigenvalue weighted by Crippen LogP contribution is 2.25. The molecule has 1 aliphatic rings. The largest absolute Gasteiger partial charge is 0.352 e. The van der Waals surface area contributed by atoms with E-state index < -0.39 is 11.8 Å². The molecular weight excluding hydrogens is 330 g/mol. The van der Waals surface area contributed by atoms with E-state index in [-0.39, 0.29) is 24.4 Å². The van der Waals surface area contributed by atoms with Crippen LogP contribution in [0.1, 0.15) is 32.7 Å². The molecule has 122 valence electrons. The summed E-state index contributed by atoms with van der Waals surface area (Å²) in [4.78, 5) is 41.4. The number of fused-ring (bicyclic) bond motifs is 1. The van der Waals surface area contributed by atoms with Crippen LogP contribution in [0.5, 0.6) is 0 Å². The van der Waals surface area contributed by atoms with E-state index in [0.29, 0.717) is 17.1 Å². The van der Waals surface area contributed by atoms with Gasteiger partial charge in [0, 0.05) is 36.9 Å². The number of nitrogens with zero attached hydrogens (tertiary/aromatic N) is 2. The Balaban J connectivity index is 1.56. The van der Waals surface area contributed by atoms with Crippen molar-refractivity contribution in [3.8, 4) is 0 Å². The van der Waals surface area contributed by atoms with E-state index in [4.69, 9.17) is 11.6 Å². The number of carbonyl (C=O) groups excluding carboxylic acids is 3. The molecule has 0 saturated carbocycles. The molecule has 3 rings (SSSR count). The van der Waals surface area contributed by atoms with Crippen LogP contribution < -0.4 is 5.32 Å². The van der Waals surface area contributed by atoms with Gasteiger partial charge in [-0.3, -0.25) is 24.3 Å². The lowest BCUT2D eigenvalue weighted by atomic mass is 10.1. The smallest absolute Gasteiger partial charge is 0.261 e. The van der Waals surface area contributed by atoms with Crippen LogP contribution in [0.3, 0.4) is 0 Å². The molecule has 0 bridgehead atoms. The molecule has 3 amide bonds. The fraction of sp³-hybridized carbons (Fsp3) is 0.176. The van der Waals surface area contributed by atoms with Crippen LogP contribution in [0.25, 0.3) is 0 Å². The summed E-state index contributed by atoms with van der Waals surface area (Å²) in [5, 5.41) is 3.13. The average molecular weight is 344 g/mol. The van der Waals surface area contributed by atoms with E-state index in [1.54, 1.807) is 24.5 Å². The third-order valence-electron chi connectivity index (χ3n) is 3.71. The molecule has 0 aliphatic carbocycles. The first kappa shape index (κ1) is 16.1. The number of halogens is 1. The molecule has 6 nitrogen and oxygen atoms in total. The predicted molar refractivity (Wildman–Crippen MR) is 87.5 cm³/mol. The van der Waals surface area contributed by atoms with Gasteiger partial charge in [0.05, 0.1) is 11.1 Å². The zero-order valence-corrected chi connectivity index (χ0v) is 13.4. The first-order chi connectivity index (χ1) is 11.6. The van der Waals surface area contributed by atoms with Gasteiger partial charge in [-0.05, 0) is 29.8 Å². The van der Waals surface area contributed by atoms with Crippen LogP contribution in [0.2, 0.25) is 5.02 Å². The number of benzene rings is 1. The third kappa shape index (κ3) is 3.28. The number of rotatable bonds is 5. The second-order valence-electron chi connectivity index (χ2n) is 5.34. The molecule has 24 heavy (non-hydrogen) atoms. The quantitative estimate of drug-likeness (QED) is 0.842. The fourth-order valence-electron chi connectivity index (χ4n) is 2.47. The summed E-state index contributed by atoms with van der Waals surface area (Å²) in [7, 11) is 0. The number of amides is 3. The number of hydrogen-bond acceptors (Lipinski definition) is 4. The summed E-state index contributed by atoms with van der Waals surface area (Å²) in [6.45, 7) is 0.382. The Morgan fingerprint density at radius 3 is 2.71 bits per heavy atom. The lowest BCUT2D eigenvalue weighted by Crippen LogP contribution is -2.34. The molecule has 1 aliphatic heterocycles. The van der Waals surface area contributed by atoms with Crippen LogP contribution in [-0.2, 0) is 11.3 Å². The van der Waals surface area contributed by atoms with Crippen molar-refractivity contribution in [3.63, 3.8) is 0 Å². The summed E-state index contributed by atoms with van der Waals surface area (Å²) < 4.78 is 0. The maximum atomic E-state index is 12.3. The molecule has 0 unspecified atom stereocenters. The average Bonchev–Trinajstić information content (AvgIpc) is 2.82. The van der Waals surface area contributed by atoms with Gasteiger partial charge in [-0.2, -0.15) is 0 Å². The van der Waals surface area contributed by atoms with Crippen LogP contribution >= 0.6 is 11.6 Å². The van der Waals surface area contributed by atoms with E-state index in [2.05, 4.69) is 10.3 Å². The van der Waals surface area contributed by atoms with E-state index in [1.807, 2.05) is 6.07 Å². The van der Waals surface area contributed by atoms with E-state index in [0.717, 1.165) is 10.5 Å². The molecule has 0 atom stereocenters. The van der Waals surface area contributed by atoms with Crippen LogP contribution in [0.15, 0.2) is 42.7 Å². The minimum Gasteiger partial charge on any atom is -0.352 e. The topological polar surface area (TPSA) is 79.4 Å². The van der Waals surface area contributed by atoms with Gasteiger partial charge in [-0.15, -0.1) is 0 Å². The molecule has 2 heterocycles. The number of nitrogens with one attached hydrogen (secondary N) is 1. The Labute approximate surface area is 143 Å². The first-order valence-corrected chi connectivity index (χ1v) is 7.75. The zero-order valence-electron chi connectivity index (χ0n) is 12.7. The Bertz CT molecular complexity index is 808. The zero-order chi connectivity index (χ0) is 17.1. The molecule has 0 saturated heterocycles. The second kappa shape index (κ2) is 6.80. The number of pyridine rings is 1. The van der Waals surface area contributed by atoms with E-state index in [9.17, 15) is 14.4 Å². The molecule has 2 aromatic rings. The minimum atomic E-state index is -0.419. The van der Waals surface area contributed by atoms with Gasteiger partial charge in [-0.25, -0.2) is 0 Å². The molecule has 0 radical (unpaired) electrons. The third-order valence-corrected chi connectivity index (χ3v) is 3.94. The molecule has 1 aromatic heterocycles. The Morgan fingerprint density at radius 1 is 1.17 bits per heavy atom. The predicted octanol–water partition coefficient (Wildman–Crippen LogP) is 2.04. The van der Waals surface area contributed by atoms with Crippen LogP contribution in [0, 0.1) is 0 Å². The van der Waals surface area contributed by atoms with Crippen molar-refractivity contribution in [1.82, 2.24) is 15.2 Å². The number of aromatic nitrogens is 1. The summed E-state index contributed by atoms with van der Waals surface area (Å²) >= 11 is 5.86. The molecule has 0 fully saturated rings. The number of carbonyl (C=O) groups is 3. The minimum absolute atomic E-state index is 0.0306. The van der Waals surface area contributed by atoms with Crippen molar-refractivity contribution in [3.05, 3.63) is 64.4 Å². The van der Waals surface area contributed by atoms with Gasteiger partial charge >= 0.3 is 0 Å². The van der Waals surface area contributed by atoms with Gasteiger partial charge in [0.1, 0.15) is 0 Å². The lowest BCUT2D eigenvalue weighted by Gasteiger charge is -2.13. The van der Waals surface area contributed by atoms with Crippen LogP contribution in [0.4, 0.5) is 0 Å². The van der Waals surface area contributed by atoms with Gasteiger partial charge in [0.15, 0.2) is 0 Å². The van der Waals surface area contributed by atoms with Crippen molar-refractivity contribution >= 4 is 29.3 Å². The highest BCUT2D eigenvalue weighted by atomic mass is 35.5. The molecule has 7 heteroatoms. The SMILES string of the molecule is O=C(CCN1C(=O)c2ccc(Cl)cc2C1=O)NCc1cccnc1. The molecule has 0 spiro atoms. The summed E-state index contributed by atoms with van der Waals surface area (Å²) in [6, 6.07) is 8.20. The molecule has 1 aromatic carbocycles. The normalized spacial score (nSPS) is 13.1. The highest BCUT2D eigenvalue weighted by molar-refractivity contribution is 6.32. The first-order valence-electron chi connectivity index (χ1n) is 7.37. The highest BCUT2D eigenvalue weighted by Gasteiger charge is 2.35. The summed E-state index contributed by atoms with van der Waals surface area (Å²) in [5.41, 5.74) is 1.48. The van der Waals surface area contributed by atoms with Crippen LogP contribution in [-0.4, -0.2) is 34.2 Å². The molecule has 1 N–H and O–H groups in total. The maximum absolute atomic E-state index is 12.3. The van der Waals surface area contributed by atoms with Crippen molar-refractivity contribution < 1.29 is 14.4 Å². The Hall–Kier alpha value is -2.73. The van der Waals surface area contributed by atoms with Gasteiger partial charge in [0.2, 0.25) is 5.91 Å². The standard InChI is InChI=1S/C17H14ClN3O3/c18-12-3-4-13-14(8-12)17(24)21(16(13)23)7-5-15(22)20-10-11-2-1-6-19-9-11/h1-4,6,8-9H,5,7,10H2,(H,20,22). The fourth-order valence-corrected chi connectivity index (χ4v) is 2.64. The monoisotopic (exact) mass is 343 g/mol. The Morgan fingerprint density at radius 2 is 1.96 bits per heavy atom. The van der Waals surface area contributed by atoms with Gasteiger partial charge in [-0.1, -0.05) is 17.7 Å². The Kier molecular flexibility index (Phi) is 4.57. The summed E-state index contributed by atoms with van der Waals surface area (Å²) in [5.74, 6) is -1.06. The van der Waals surface area contributed by atoms with E-state index >= 15 is 0 Å². The van der Waals surface area contributed by atoms with Gasteiger partial charge < -0.3 is 5.32 Å². The van der Waals surface area contributed by atoms with E-state index in [1.165, 1.54) is 12.1 Å². The van der Waals surface area contributed by atoms with Crippen molar-refractivity contribution in [2.75, 3.05) is 6.54 Å². The van der Waals surface area contributed by atoms with Crippen molar-refractivity contribution in [2.24, 2.45) is 0 Å². The van der Waals surface area contributed by atoms with Gasteiger partial charge in [0.25, 0.3) is 11.8 Å². The van der Waals surface area contributed by atoms with Crippen molar-refractivity contribution in [2.45, 2.75) is 13.0 Å². The van der Waals surface area contributed by atoms with Crippen molar-refractivity contribution in [1.29, 1.82) is 0 Å². The lowest BCUT2D eigenvalue weighted by molar-refractivity contribution is -0.121. The molecular formula is C17H14ClN3O3. The number of imide groups is 1.